The van der Waals surface area contributed by atoms with Gasteiger partial charge in [-0.05, 0) is 76.2 Å². The minimum atomic E-state index is 0.363. The van der Waals surface area contributed by atoms with Gasteiger partial charge >= 0.3 is 0 Å². The molecule has 126 valence electrons. The van der Waals surface area contributed by atoms with Crippen molar-refractivity contribution in [2.45, 2.75) is 64.8 Å². The first-order chi connectivity index (χ1) is 11.1. The van der Waals surface area contributed by atoms with Crippen molar-refractivity contribution in [1.29, 1.82) is 0 Å². The van der Waals surface area contributed by atoms with Gasteiger partial charge in [0.05, 0.1) is 11.7 Å². The molecule has 3 fully saturated rings. The Hall–Kier alpha value is -1.32. The number of hydrogen-bond acceptors (Lipinski definition) is 2. The Bertz CT molecular complexity index is 573. The van der Waals surface area contributed by atoms with Crippen molar-refractivity contribution in [2.24, 2.45) is 17.8 Å². The van der Waals surface area contributed by atoms with Gasteiger partial charge in [-0.1, -0.05) is 0 Å². The van der Waals surface area contributed by atoms with Crippen molar-refractivity contribution in [3.05, 3.63) is 17.5 Å². The van der Waals surface area contributed by atoms with E-state index in [4.69, 9.17) is 0 Å². The molecule has 0 aromatic carbocycles. The molecule has 2 heterocycles. The predicted octanol–water partition coefficient (Wildman–Crippen LogP) is 3.49. The lowest BCUT2D eigenvalue weighted by Gasteiger charge is -2.34. The molecule has 2 saturated carbocycles. The SMILES string of the molecule is Cc1cc(C)n(C2CCCN(C(=O)CC(C3CC3)C3CC3)C2)n1. The summed E-state index contributed by atoms with van der Waals surface area (Å²) in [7, 11) is 0. The minimum absolute atomic E-state index is 0.363. The molecule has 1 aromatic rings. The Kier molecular flexibility index (Phi) is 3.94. The molecular formula is C19H29N3O. The molecule has 23 heavy (non-hydrogen) atoms. The van der Waals surface area contributed by atoms with Crippen LogP contribution in [0.25, 0.3) is 0 Å². The number of nitrogens with zero attached hydrogens (tertiary/aromatic N) is 3. The third-order valence-electron chi connectivity index (χ3n) is 6.01. The molecule has 1 saturated heterocycles. The number of aryl methyl sites for hydroxylation is 2. The highest BCUT2D eigenvalue weighted by Gasteiger charge is 2.43. The Morgan fingerprint density at radius 3 is 2.48 bits per heavy atom. The van der Waals surface area contributed by atoms with E-state index in [0.717, 1.165) is 49.9 Å². The van der Waals surface area contributed by atoms with Crippen LogP contribution in [0.3, 0.4) is 0 Å². The summed E-state index contributed by atoms with van der Waals surface area (Å²) >= 11 is 0. The summed E-state index contributed by atoms with van der Waals surface area (Å²) in [5.74, 6) is 2.82. The molecule has 0 radical (unpaired) electrons. The van der Waals surface area contributed by atoms with Crippen molar-refractivity contribution < 1.29 is 4.79 Å². The van der Waals surface area contributed by atoms with Crippen molar-refractivity contribution in [2.75, 3.05) is 13.1 Å². The summed E-state index contributed by atoms with van der Waals surface area (Å²) < 4.78 is 2.15. The average molecular weight is 315 g/mol. The molecular weight excluding hydrogens is 286 g/mol. The number of likely N-dealkylation sites (tertiary alicyclic amines) is 1. The molecule has 4 nitrogen and oxygen atoms in total. The van der Waals surface area contributed by atoms with Crippen molar-refractivity contribution in [3.8, 4) is 0 Å². The normalized spacial score (nSPS) is 25.2. The molecule has 1 unspecified atom stereocenters. The smallest absolute Gasteiger partial charge is 0.222 e. The molecule has 0 spiro atoms. The van der Waals surface area contributed by atoms with E-state index in [1.54, 1.807) is 0 Å². The van der Waals surface area contributed by atoms with Gasteiger partial charge in [-0.15, -0.1) is 0 Å². The maximum atomic E-state index is 12.8. The highest BCUT2D eigenvalue weighted by Crippen LogP contribution is 2.50. The molecule has 1 atom stereocenters. The highest BCUT2D eigenvalue weighted by molar-refractivity contribution is 5.76. The van der Waals surface area contributed by atoms with Crippen LogP contribution in [-0.4, -0.2) is 33.7 Å². The number of piperidine rings is 1. The first-order valence-electron chi connectivity index (χ1n) is 9.42. The van der Waals surface area contributed by atoms with Gasteiger partial charge in [0, 0.05) is 25.2 Å². The van der Waals surface area contributed by atoms with Gasteiger partial charge in [-0.2, -0.15) is 5.10 Å². The molecule has 3 aliphatic rings. The second-order valence-electron chi connectivity index (χ2n) is 8.05. The van der Waals surface area contributed by atoms with Crippen molar-refractivity contribution >= 4 is 5.91 Å². The number of carbonyl (C=O) groups excluding carboxylic acids is 1. The Morgan fingerprint density at radius 2 is 1.91 bits per heavy atom. The third-order valence-corrected chi connectivity index (χ3v) is 6.01. The van der Waals surface area contributed by atoms with E-state index >= 15 is 0 Å². The van der Waals surface area contributed by atoms with Gasteiger partial charge in [-0.3, -0.25) is 9.48 Å². The van der Waals surface area contributed by atoms with Gasteiger partial charge in [-0.25, -0.2) is 0 Å². The number of aromatic nitrogens is 2. The maximum Gasteiger partial charge on any atom is 0.222 e. The summed E-state index contributed by atoms with van der Waals surface area (Å²) in [6, 6.07) is 2.50. The van der Waals surface area contributed by atoms with Crippen molar-refractivity contribution in [1.82, 2.24) is 14.7 Å². The van der Waals surface area contributed by atoms with E-state index < -0.39 is 0 Å². The first-order valence-corrected chi connectivity index (χ1v) is 9.42. The molecule has 1 aliphatic heterocycles. The summed E-state index contributed by atoms with van der Waals surface area (Å²) in [6.07, 6.45) is 8.50. The summed E-state index contributed by atoms with van der Waals surface area (Å²) in [5.41, 5.74) is 2.30. The third kappa shape index (κ3) is 3.31. The second kappa shape index (κ2) is 5.95. The van der Waals surface area contributed by atoms with E-state index in [2.05, 4.69) is 27.7 Å². The number of amides is 1. The number of carbonyl (C=O) groups is 1. The Morgan fingerprint density at radius 1 is 1.22 bits per heavy atom. The average Bonchev–Trinajstić information content (AvgIpc) is 3.44. The van der Waals surface area contributed by atoms with E-state index in [9.17, 15) is 4.79 Å². The monoisotopic (exact) mass is 315 g/mol. The van der Waals surface area contributed by atoms with Crippen LogP contribution in [0.4, 0.5) is 0 Å². The molecule has 4 rings (SSSR count). The van der Waals surface area contributed by atoms with E-state index in [1.807, 2.05) is 6.92 Å². The number of hydrogen-bond donors (Lipinski definition) is 0. The number of rotatable bonds is 5. The molecule has 1 amide bonds. The topological polar surface area (TPSA) is 38.1 Å². The zero-order valence-electron chi connectivity index (χ0n) is 14.5. The minimum Gasteiger partial charge on any atom is -0.341 e. The highest BCUT2D eigenvalue weighted by atomic mass is 16.2. The fraction of sp³-hybridized carbons (Fsp3) is 0.789. The van der Waals surface area contributed by atoms with E-state index in [-0.39, 0.29) is 0 Å². The maximum absolute atomic E-state index is 12.8. The summed E-state index contributed by atoms with van der Waals surface area (Å²) in [6.45, 7) is 5.96. The lowest BCUT2D eigenvalue weighted by molar-refractivity contribution is -0.134. The van der Waals surface area contributed by atoms with Gasteiger partial charge in [0.15, 0.2) is 0 Å². The quantitative estimate of drug-likeness (QED) is 0.834. The Balaban J connectivity index is 1.40. The van der Waals surface area contributed by atoms with Crippen molar-refractivity contribution in [3.63, 3.8) is 0 Å². The molecule has 2 aliphatic carbocycles. The molecule has 0 N–H and O–H groups in total. The second-order valence-corrected chi connectivity index (χ2v) is 8.05. The van der Waals surface area contributed by atoms with Crippen LogP contribution in [0.15, 0.2) is 6.07 Å². The predicted molar refractivity (Wildman–Crippen MR) is 90.1 cm³/mol. The zero-order chi connectivity index (χ0) is 16.0. The molecule has 4 heteroatoms. The van der Waals surface area contributed by atoms with Crippen LogP contribution in [0.2, 0.25) is 0 Å². The lowest BCUT2D eigenvalue weighted by Crippen LogP contribution is -2.42. The summed E-state index contributed by atoms with van der Waals surface area (Å²) in [5, 5.41) is 4.64. The van der Waals surface area contributed by atoms with Crippen LogP contribution in [0.5, 0.6) is 0 Å². The fourth-order valence-corrected chi connectivity index (χ4v) is 4.49. The largest absolute Gasteiger partial charge is 0.341 e. The van der Waals surface area contributed by atoms with Gasteiger partial charge in [0.25, 0.3) is 0 Å². The summed E-state index contributed by atoms with van der Waals surface area (Å²) in [4.78, 5) is 15.0. The van der Waals surface area contributed by atoms with Crippen LogP contribution in [0.1, 0.15) is 62.4 Å². The van der Waals surface area contributed by atoms with Gasteiger partial charge in [0.2, 0.25) is 5.91 Å². The van der Waals surface area contributed by atoms with Gasteiger partial charge in [0.1, 0.15) is 0 Å². The fourth-order valence-electron chi connectivity index (χ4n) is 4.49. The van der Waals surface area contributed by atoms with Crippen LogP contribution >= 0.6 is 0 Å². The van der Waals surface area contributed by atoms with Crippen LogP contribution in [0, 0.1) is 31.6 Å². The molecule has 0 bridgehead atoms. The standard InChI is InChI=1S/C19H29N3O/c1-13-10-14(2)22(20-13)17-4-3-9-21(12-17)19(23)11-18(15-5-6-15)16-7-8-16/h10,15-18H,3-9,11-12H2,1-2H3. The first kappa shape index (κ1) is 15.2. The lowest BCUT2D eigenvalue weighted by atomic mass is 9.93. The van der Waals surface area contributed by atoms with Crippen LogP contribution < -0.4 is 0 Å². The Labute approximate surface area is 139 Å². The van der Waals surface area contributed by atoms with Gasteiger partial charge < -0.3 is 4.90 Å². The molecule has 1 aromatic heterocycles. The van der Waals surface area contributed by atoms with E-state index in [0.29, 0.717) is 17.9 Å². The zero-order valence-corrected chi connectivity index (χ0v) is 14.5. The van der Waals surface area contributed by atoms with E-state index in [1.165, 1.54) is 31.4 Å². The van der Waals surface area contributed by atoms with Crippen LogP contribution in [-0.2, 0) is 4.79 Å².